The van der Waals surface area contributed by atoms with Gasteiger partial charge in [0.2, 0.25) is 5.91 Å². The van der Waals surface area contributed by atoms with E-state index in [1.165, 1.54) is 0 Å². The van der Waals surface area contributed by atoms with E-state index in [1.54, 1.807) is 23.7 Å². The second-order valence-corrected chi connectivity index (χ2v) is 6.43. The van der Waals surface area contributed by atoms with Gasteiger partial charge in [-0.25, -0.2) is 4.98 Å². The number of nitrogens with zero attached hydrogens (tertiary/aromatic N) is 2. The molecule has 2 N–H and O–H groups in total. The number of rotatable bonds is 4. The molecule has 1 saturated heterocycles. The predicted molar refractivity (Wildman–Crippen MR) is 104 cm³/mol. The van der Waals surface area contributed by atoms with Crippen molar-refractivity contribution in [2.45, 2.75) is 32.0 Å². The van der Waals surface area contributed by atoms with Crippen molar-refractivity contribution in [2.24, 2.45) is 0 Å². The fourth-order valence-corrected chi connectivity index (χ4v) is 3.37. The minimum atomic E-state index is -0.314. The molecule has 1 unspecified atom stereocenters. The second kappa shape index (κ2) is 10.0. The Morgan fingerprint density at radius 1 is 1.40 bits per heavy atom. The molecule has 0 spiro atoms. The lowest BCUT2D eigenvalue weighted by Crippen LogP contribution is -2.55. The second-order valence-electron chi connectivity index (χ2n) is 5.54. The number of amides is 1. The van der Waals surface area contributed by atoms with Gasteiger partial charge in [-0.1, -0.05) is 0 Å². The molecule has 1 aliphatic rings. The van der Waals surface area contributed by atoms with Crippen LogP contribution in [-0.4, -0.2) is 41.2 Å². The standard InChI is InChI=1S/C16H20N4O2S.2ClH/c1-10(19-15(21)14-11(2)22-8-7-18-14)16-20-13(9-23-16)12-3-5-17-6-4-12;;/h3-6,9-11,14,18H,7-8H2,1-2H3,(H,19,21);2*1H/t10?,11-,14+;;/m1../s1. The van der Waals surface area contributed by atoms with Crippen LogP contribution in [0, 0.1) is 0 Å². The fraction of sp³-hybridized carbons (Fsp3) is 0.438. The highest BCUT2D eigenvalue weighted by atomic mass is 35.5. The molecule has 0 aromatic carbocycles. The Morgan fingerprint density at radius 3 is 2.80 bits per heavy atom. The Kier molecular flexibility index (Phi) is 8.75. The van der Waals surface area contributed by atoms with Gasteiger partial charge in [0.25, 0.3) is 0 Å². The highest BCUT2D eigenvalue weighted by Gasteiger charge is 2.29. The van der Waals surface area contributed by atoms with E-state index in [4.69, 9.17) is 4.74 Å². The van der Waals surface area contributed by atoms with E-state index in [9.17, 15) is 4.79 Å². The summed E-state index contributed by atoms with van der Waals surface area (Å²) in [5.74, 6) is -0.0506. The summed E-state index contributed by atoms with van der Waals surface area (Å²) in [7, 11) is 0. The van der Waals surface area contributed by atoms with Crippen LogP contribution in [0.15, 0.2) is 29.9 Å². The first-order chi connectivity index (χ1) is 11.1. The maximum atomic E-state index is 12.4. The van der Waals surface area contributed by atoms with Gasteiger partial charge in [-0.3, -0.25) is 9.78 Å². The zero-order chi connectivity index (χ0) is 16.2. The summed E-state index contributed by atoms with van der Waals surface area (Å²) in [6, 6.07) is 3.39. The van der Waals surface area contributed by atoms with E-state index in [0.717, 1.165) is 16.3 Å². The molecule has 3 rings (SSSR count). The van der Waals surface area contributed by atoms with Crippen molar-refractivity contribution in [3.05, 3.63) is 34.9 Å². The fourth-order valence-electron chi connectivity index (χ4n) is 2.53. The first-order valence-corrected chi connectivity index (χ1v) is 8.54. The van der Waals surface area contributed by atoms with Crippen LogP contribution in [0.25, 0.3) is 11.3 Å². The smallest absolute Gasteiger partial charge is 0.240 e. The third-order valence-electron chi connectivity index (χ3n) is 3.83. The number of halogens is 2. The number of carbonyl (C=O) groups is 1. The summed E-state index contributed by atoms with van der Waals surface area (Å²) >= 11 is 1.54. The monoisotopic (exact) mass is 404 g/mol. The van der Waals surface area contributed by atoms with Crippen molar-refractivity contribution in [2.75, 3.05) is 13.2 Å². The molecule has 25 heavy (non-hydrogen) atoms. The largest absolute Gasteiger partial charge is 0.375 e. The summed E-state index contributed by atoms with van der Waals surface area (Å²) in [5, 5.41) is 9.09. The number of carbonyl (C=O) groups excluding carboxylic acids is 1. The average Bonchev–Trinajstić information content (AvgIpc) is 3.06. The lowest BCUT2D eigenvalue weighted by Gasteiger charge is -2.30. The average molecular weight is 405 g/mol. The quantitative estimate of drug-likeness (QED) is 0.818. The Balaban J connectivity index is 0.00000156. The van der Waals surface area contributed by atoms with E-state index in [1.807, 2.05) is 31.4 Å². The van der Waals surface area contributed by atoms with Crippen LogP contribution in [-0.2, 0) is 9.53 Å². The van der Waals surface area contributed by atoms with Gasteiger partial charge in [0.15, 0.2) is 0 Å². The molecular formula is C16H22Cl2N4O2S. The molecule has 0 saturated carbocycles. The summed E-state index contributed by atoms with van der Waals surface area (Å²) in [4.78, 5) is 21.0. The normalized spacial score (nSPS) is 20.7. The molecule has 0 bridgehead atoms. The number of thiazole rings is 1. The van der Waals surface area contributed by atoms with Crippen molar-refractivity contribution in [3.63, 3.8) is 0 Å². The number of pyridine rings is 1. The molecule has 1 fully saturated rings. The van der Waals surface area contributed by atoms with Crippen LogP contribution >= 0.6 is 36.2 Å². The molecule has 2 aromatic rings. The molecule has 0 aliphatic carbocycles. The van der Waals surface area contributed by atoms with Crippen LogP contribution in [0.4, 0.5) is 0 Å². The lowest BCUT2D eigenvalue weighted by molar-refractivity contribution is -0.129. The van der Waals surface area contributed by atoms with Crippen molar-refractivity contribution in [1.82, 2.24) is 20.6 Å². The molecule has 138 valence electrons. The first-order valence-electron chi connectivity index (χ1n) is 7.66. The van der Waals surface area contributed by atoms with Crippen molar-refractivity contribution < 1.29 is 9.53 Å². The maximum Gasteiger partial charge on any atom is 0.240 e. The molecule has 3 heterocycles. The van der Waals surface area contributed by atoms with E-state index in [-0.39, 0.29) is 48.9 Å². The Morgan fingerprint density at radius 2 is 2.12 bits per heavy atom. The van der Waals surface area contributed by atoms with Gasteiger partial charge in [0.1, 0.15) is 11.0 Å². The highest BCUT2D eigenvalue weighted by Crippen LogP contribution is 2.25. The minimum absolute atomic E-state index is 0. The number of hydrogen-bond donors (Lipinski definition) is 2. The summed E-state index contributed by atoms with van der Waals surface area (Å²) in [5.41, 5.74) is 1.93. The Bertz CT molecular complexity index is 671. The Hall–Kier alpha value is -1.25. The van der Waals surface area contributed by atoms with E-state index in [2.05, 4.69) is 20.6 Å². The predicted octanol–water partition coefficient (Wildman–Crippen LogP) is 2.60. The van der Waals surface area contributed by atoms with E-state index < -0.39 is 0 Å². The van der Waals surface area contributed by atoms with Gasteiger partial charge in [0.05, 0.1) is 24.4 Å². The molecule has 2 aromatic heterocycles. The number of ether oxygens (including phenoxy) is 1. The minimum Gasteiger partial charge on any atom is -0.375 e. The van der Waals surface area contributed by atoms with Gasteiger partial charge in [-0.2, -0.15) is 0 Å². The molecule has 1 amide bonds. The molecule has 6 nitrogen and oxygen atoms in total. The van der Waals surface area contributed by atoms with Crippen LogP contribution in [0.3, 0.4) is 0 Å². The van der Waals surface area contributed by atoms with Crippen LogP contribution in [0.5, 0.6) is 0 Å². The zero-order valence-electron chi connectivity index (χ0n) is 14.0. The summed E-state index contributed by atoms with van der Waals surface area (Å²) in [6.07, 6.45) is 3.37. The molecule has 3 atom stereocenters. The Labute approximate surface area is 163 Å². The molecule has 9 heteroatoms. The topological polar surface area (TPSA) is 76.1 Å². The van der Waals surface area contributed by atoms with Crippen LogP contribution in [0.1, 0.15) is 24.9 Å². The highest BCUT2D eigenvalue weighted by molar-refractivity contribution is 7.10. The third kappa shape index (κ3) is 5.36. The van der Waals surface area contributed by atoms with Gasteiger partial charge in [-0.05, 0) is 26.0 Å². The summed E-state index contributed by atoms with van der Waals surface area (Å²) < 4.78 is 5.52. The van der Waals surface area contributed by atoms with Gasteiger partial charge in [-0.15, -0.1) is 36.2 Å². The van der Waals surface area contributed by atoms with Crippen molar-refractivity contribution >= 4 is 42.1 Å². The number of nitrogens with one attached hydrogen (secondary N) is 2. The van der Waals surface area contributed by atoms with Crippen molar-refractivity contribution in [1.29, 1.82) is 0 Å². The molecule has 1 aliphatic heterocycles. The molecule has 0 radical (unpaired) electrons. The zero-order valence-corrected chi connectivity index (χ0v) is 16.4. The van der Waals surface area contributed by atoms with E-state index in [0.29, 0.717) is 13.2 Å². The van der Waals surface area contributed by atoms with Crippen LogP contribution in [0.2, 0.25) is 0 Å². The van der Waals surface area contributed by atoms with E-state index >= 15 is 0 Å². The van der Waals surface area contributed by atoms with Gasteiger partial charge in [0, 0.05) is 29.9 Å². The van der Waals surface area contributed by atoms with Crippen LogP contribution < -0.4 is 10.6 Å². The molecular weight excluding hydrogens is 383 g/mol. The van der Waals surface area contributed by atoms with Gasteiger partial charge < -0.3 is 15.4 Å². The first kappa shape index (κ1) is 21.8. The van der Waals surface area contributed by atoms with Crippen molar-refractivity contribution in [3.8, 4) is 11.3 Å². The number of aromatic nitrogens is 2. The SMILES string of the molecule is CC(NC(=O)[C@H]1NCCO[C@@H]1C)c1nc(-c2ccncc2)cs1.Cl.Cl. The number of morpholine rings is 1. The van der Waals surface area contributed by atoms with Gasteiger partial charge >= 0.3 is 0 Å². The third-order valence-corrected chi connectivity index (χ3v) is 4.85. The maximum absolute atomic E-state index is 12.4. The number of hydrogen-bond acceptors (Lipinski definition) is 6. The lowest BCUT2D eigenvalue weighted by atomic mass is 10.1. The summed E-state index contributed by atoms with van der Waals surface area (Å²) in [6.45, 7) is 5.19.